The molecule has 0 radical (unpaired) electrons. The van der Waals surface area contributed by atoms with Gasteiger partial charge in [0.1, 0.15) is 30.2 Å². The molecule has 1 spiro atoms. The predicted octanol–water partition coefficient (Wildman–Crippen LogP) is 0.0299. The summed E-state index contributed by atoms with van der Waals surface area (Å²) in [6.45, 7) is -0.902. The highest BCUT2D eigenvalue weighted by Gasteiger charge is 2.68. The maximum atomic E-state index is 13.7. The van der Waals surface area contributed by atoms with Gasteiger partial charge in [0.2, 0.25) is 5.95 Å². The van der Waals surface area contributed by atoms with Gasteiger partial charge in [0, 0.05) is 18.4 Å². The molecule has 258 valence electrons. The van der Waals surface area contributed by atoms with Crippen LogP contribution in [0.5, 0.6) is 0 Å². The Kier molecular flexibility index (Phi) is 7.36. The van der Waals surface area contributed by atoms with Crippen molar-refractivity contribution >= 4 is 49.7 Å². The van der Waals surface area contributed by atoms with Crippen molar-refractivity contribution in [1.82, 2.24) is 39.0 Å². The summed E-state index contributed by atoms with van der Waals surface area (Å²) >= 11 is 0. The normalized spacial score (nSPS) is 40.1. The number of rotatable bonds is 3. The molecule has 3 saturated carbocycles. The van der Waals surface area contributed by atoms with E-state index in [0.717, 1.165) is 0 Å². The van der Waals surface area contributed by atoms with Crippen LogP contribution in [0.25, 0.3) is 22.3 Å². The number of aromatic amines is 1. The molecule has 2 unspecified atom stereocenters. The predicted molar refractivity (Wildman–Crippen MR) is 162 cm³/mol. The first kappa shape index (κ1) is 31.9. The zero-order valence-electron chi connectivity index (χ0n) is 25.2. The number of phosphoric ester groups is 2. The molecule has 3 aliphatic carbocycles. The van der Waals surface area contributed by atoms with Crippen molar-refractivity contribution in [2.24, 2.45) is 17.3 Å². The number of hydrogen-bond acceptors (Lipinski definition) is 16. The molecule has 4 aromatic heterocycles. The number of nitrogens with two attached hydrogens (primary N) is 2. The summed E-state index contributed by atoms with van der Waals surface area (Å²) in [7, 11) is -8.47. The first-order valence-corrected chi connectivity index (χ1v) is 18.0. The zero-order chi connectivity index (χ0) is 33.7. The molecule has 4 aromatic rings. The molecule has 1 aliphatic heterocycles. The fourth-order valence-electron chi connectivity index (χ4n) is 8.07. The van der Waals surface area contributed by atoms with E-state index < -0.39 is 88.2 Å². The van der Waals surface area contributed by atoms with E-state index >= 15 is 0 Å². The van der Waals surface area contributed by atoms with Crippen LogP contribution in [0.4, 0.5) is 11.8 Å². The zero-order valence-corrected chi connectivity index (χ0v) is 27.0. The summed E-state index contributed by atoms with van der Waals surface area (Å²) in [5.74, 6) is -1.25. The first-order valence-electron chi connectivity index (χ1n) is 15.0. The monoisotopic (exact) mass is 710 g/mol. The van der Waals surface area contributed by atoms with E-state index in [1.807, 2.05) is 0 Å². The highest BCUT2D eigenvalue weighted by Crippen LogP contribution is 2.67. The van der Waals surface area contributed by atoms with Gasteiger partial charge in [-0.15, -0.1) is 0 Å². The third-order valence-electron chi connectivity index (χ3n) is 10.2. The third-order valence-corrected chi connectivity index (χ3v) is 12.2. The van der Waals surface area contributed by atoms with Crippen molar-refractivity contribution < 1.29 is 46.9 Å². The number of nitrogens with zero attached hydrogens (tertiary/aromatic N) is 7. The first-order chi connectivity index (χ1) is 22.8. The van der Waals surface area contributed by atoms with Crippen LogP contribution in [-0.4, -0.2) is 98.7 Å². The van der Waals surface area contributed by atoms with Crippen molar-refractivity contribution in [1.29, 1.82) is 0 Å². The van der Waals surface area contributed by atoms with Crippen molar-refractivity contribution in [3.8, 4) is 0 Å². The van der Waals surface area contributed by atoms with Crippen molar-refractivity contribution in [3.63, 3.8) is 0 Å². The number of aromatic nitrogens is 8. The number of anilines is 2. The Morgan fingerprint density at radius 2 is 1.79 bits per heavy atom. The van der Waals surface area contributed by atoms with Crippen LogP contribution in [0.15, 0.2) is 23.8 Å². The summed E-state index contributed by atoms with van der Waals surface area (Å²) in [5, 5.41) is 11.7. The van der Waals surface area contributed by atoms with Crippen LogP contribution in [0.3, 0.4) is 0 Å². The lowest BCUT2D eigenvalue weighted by Gasteiger charge is -2.48. The minimum Gasteiger partial charge on any atom is -0.388 e. The Morgan fingerprint density at radius 1 is 1.04 bits per heavy atom. The van der Waals surface area contributed by atoms with Gasteiger partial charge in [0.05, 0.1) is 44.1 Å². The Labute approximate surface area is 269 Å². The Bertz CT molecular complexity index is 2070. The number of nitrogen functional groups attached to an aromatic ring is 2. The van der Waals surface area contributed by atoms with Crippen LogP contribution in [-0.2, 0) is 32.0 Å². The van der Waals surface area contributed by atoms with Crippen LogP contribution in [0.1, 0.15) is 31.3 Å². The molecule has 23 heteroatoms. The highest BCUT2D eigenvalue weighted by molar-refractivity contribution is 7.47. The van der Waals surface area contributed by atoms with E-state index in [4.69, 9.17) is 34.3 Å². The summed E-state index contributed by atoms with van der Waals surface area (Å²) in [4.78, 5) is 57.9. The maximum absolute atomic E-state index is 13.7. The van der Waals surface area contributed by atoms with Gasteiger partial charge in [0.25, 0.3) is 5.56 Å². The molecule has 0 amide bonds. The van der Waals surface area contributed by atoms with E-state index in [2.05, 4.69) is 29.9 Å². The number of phosphoric acid groups is 2. The number of ether oxygens (including phenoxy) is 1. The molecule has 2 bridgehead atoms. The van der Waals surface area contributed by atoms with Gasteiger partial charge in [-0.2, -0.15) is 4.98 Å². The third kappa shape index (κ3) is 4.84. The second-order valence-corrected chi connectivity index (χ2v) is 15.4. The molecular formula is C25H32N10O11P2. The van der Waals surface area contributed by atoms with E-state index in [1.54, 1.807) is 4.57 Å². The fraction of sp³-hybridized carbons (Fsp3) is 0.600. The van der Waals surface area contributed by atoms with Gasteiger partial charge >= 0.3 is 15.6 Å². The van der Waals surface area contributed by atoms with Crippen LogP contribution < -0.4 is 17.0 Å². The summed E-state index contributed by atoms with van der Waals surface area (Å²) < 4.78 is 58.8. The standard InChI is InChI=1S/C25H32N10O11P2/c1-42-17-10-4-12(34-8-31-14-22(34)32-24(27)33-23(14)37)18(17)45-48(40,41)44-6-25-3-2-11(25)15(16(36)19(25)46-47(38,39)43-5-10)35-9-30-13-20(26)28-7-29-21(13)35/h7-12,15-19,36H,2-6H2,1H3,(H,38,39)(H,40,41)(H2,26,28,29)(H3,27,32,33,37)/t10-,11-,12-,15-,16+,17-,18+,19+,25+/m1/s1. The smallest absolute Gasteiger partial charge is 0.388 e. The van der Waals surface area contributed by atoms with E-state index in [0.29, 0.717) is 24.0 Å². The van der Waals surface area contributed by atoms with Crippen LogP contribution in [0, 0.1) is 17.3 Å². The number of methoxy groups -OCH3 is 1. The number of hydrogen-bond donors (Lipinski definition) is 6. The SMILES string of the molecule is CO[C@@H]1[C@H]2COP(=O)(O)O[C@H]3[C@@H](O)[C@H](n4cnc5c(N)ncnc54)[C@H]4CC[C@]43COP(=O)(O)O[C@H]1[C@H](n1cnc3c(=O)[nH]c(N)nc31)C2. The summed E-state index contributed by atoms with van der Waals surface area (Å²) in [5.41, 5.74) is 10.6. The number of imidazole rings is 2. The van der Waals surface area contributed by atoms with Crippen molar-refractivity contribution in [2.45, 2.75) is 55.8 Å². The van der Waals surface area contributed by atoms with Crippen molar-refractivity contribution in [3.05, 3.63) is 29.3 Å². The molecule has 0 aromatic carbocycles. The summed E-state index contributed by atoms with van der Waals surface area (Å²) in [6.07, 6.45) is -0.0746. The largest absolute Gasteiger partial charge is 0.472 e. The van der Waals surface area contributed by atoms with E-state index in [1.165, 1.54) is 30.7 Å². The number of H-pyrrole nitrogens is 1. The van der Waals surface area contributed by atoms with E-state index in [9.17, 15) is 28.8 Å². The number of nitrogens with one attached hydrogen (secondary N) is 1. The lowest BCUT2D eigenvalue weighted by molar-refractivity contribution is -0.0975. The topological polar surface area (TPSA) is 300 Å². The molecule has 1 saturated heterocycles. The molecule has 5 heterocycles. The molecule has 8 rings (SSSR count). The molecule has 8 N–H and O–H groups in total. The molecular weight excluding hydrogens is 678 g/mol. The molecule has 4 fully saturated rings. The number of aliphatic hydroxyl groups is 1. The quantitative estimate of drug-likeness (QED) is 0.153. The highest BCUT2D eigenvalue weighted by atomic mass is 31.2. The molecule has 11 atom stereocenters. The number of fused-ring (bicyclic) bond motifs is 4. The van der Waals surface area contributed by atoms with Crippen LogP contribution in [0.2, 0.25) is 0 Å². The minimum atomic E-state index is -4.92. The second-order valence-electron chi connectivity index (χ2n) is 12.6. The van der Waals surface area contributed by atoms with Gasteiger partial charge in [0.15, 0.2) is 22.6 Å². The molecule has 48 heavy (non-hydrogen) atoms. The number of aliphatic hydroxyl groups excluding tert-OH is 1. The lowest BCUT2D eigenvalue weighted by atomic mass is 9.60. The van der Waals surface area contributed by atoms with Crippen LogP contribution >= 0.6 is 15.6 Å². The fourth-order valence-corrected chi connectivity index (χ4v) is 10.2. The van der Waals surface area contributed by atoms with Gasteiger partial charge in [-0.25, -0.2) is 29.1 Å². The lowest BCUT2D eigenvalue weighted by Crippen LogP contribution is -2.50. The summed E-state index contributed by atoms with van der Waals surface area (Å²) in [6, 6.07) is -1.63. The van der Waals surface area contributed by atoms with E-state index in [-0.39, 0.29) is 29.4 Å². The Morgan fingerprint density at radius 3 is 2.54 bits per heavy atom. The van der Waals surface area contributed by atoms with Crippen molar-refractivity contribution in [2.75, 3.05) is 31.8 Å². The second kappa shape index (κ2) is 11.1. The average molecular weight is 711 g/mol. The molecule has 21 nitrogen and oxygen atoms in total. The van der Waals surface area contributed by atoms with Gasteiger partial charge in [-0.1, -0.05) is 0 Å². The average Bonchev–Trinajstić information content (AvgIpc) is 3.75. The van der Waals surface area contributed by atoms with Gasteiger partial charge in [-0.3, -0.25) is 27.9 Å². The van der Waals surface area contributed by atoms with Gasteiger partial charge < -0.3 is 40.2 Å². The Balaban J connectivity index is 1.17. The Hall–Kier alpha value is -3.36. The maximum Gasteiger partial charge on any atom is 0.472 e. The molecule has 4 aliphatic rings. The minimum absolute atomic E-state index is 0.0296. The van der Waals surface area contributed by atoms with Gasteiger partial charge in [-0.05, 0) is 25.2 Å².